The minimum absolute atomic E-state index is 0.278. The average molecular weight is 598 g/mol. The highest BCUT2D eigenvalue weighted by Crippen LogP contribution is 2.63. The fraction of sp³-hybridized carbons (Fsp3) is 0.400. The van der Waals surface area contributed by atoms with Crippen molar-refractivity contribution < 1.29 is 29.0 Å². The van der Waals surface area contributed by atoms with Crippen molar-refractivity contribution >= 4 is 23.4 Å². The second kappa shape index (κ2) is 12.1. The first-order chi connectivity index (χ1) is 21.3. The first-order valence-electron chi connectivity index (χ1n) is 15.3. The zero-order valence-electron chi connectivity index (χ0n) is 25.1. The summed E-state index contributed by atoms with van der Waals surface area (Å²) in [6.07, 6.45) is 1.34. The van der Waals surface area contributed by atoms with Crippen molar-refractivity contribution in [3.63, 3.8) is 0 Å². The molecular formula is C35H39N3O6. The van der Waals surface area contributed by atoms with Crippen LogP contribution in [0.2, 0.25) is 0 Å². The van der Waals surface area contributed by atoms with Crippen LogP contribution in [0.1, 0.15) is 37.8 Å². The van der Waals surface area contributed by atoms with Gasteiger partial charge in [-0.1, -0.05) is 60.7 Å². The second-order valence-corrected chi connectivity index (χ2v) is 12.1. The fourth-order valence-corrected chi connectivity index (χ4v) is 7.50. The Morgan fingerprint density at radius 3 is 2.27 bits per heavy atom. The van der Waals surface area contributed by atoms with Gasteiger partial charge in [0.25, 0.3) is 0 Å². The van der Waals surface area contributed by atoms with Gasteiger partial charge < -0.3 is 30.1 Å². The van der Waals surface area contributed by atoms with Gasteiger partial charge >= 0.3 is 0 Å². The zero-order valence-corrected chi connectivity index (χ0v) is 25.1. The highest BCUT2D eigenvalue weighted by atomic mass is 16.5. The summed E-state index contributed by atoms with van der Waals surface area (Å²) in [5.41, 5.74) is 0.311. The molecule has 3 amide bonds. The van der Waals surface area contributed by atoms with E-state index >= 15 is 0 Å². The van der Waals surface area contributed by atoms with Gasteiger partial charge in [0.15, 0.2) is 0 Å². The smallest absolute Gasteiger partial charge is 0.246 e. The van der Waals surface area contributed by atoms with E-state index in [1.54, 1.807) is 24.3 Å². The van der Waals surface area contributed by atoms with E-state index in [1.807, 2.05) is 74.5 Å². The largest absolute Gasteiger partial charge is 0.494 e. The number of carbonyl (C=O) groups is 3. The van der Waals surface area contributed by atoms with E-state index in [0.717, 1.165) is 11.1 Å². The third-order valence-electron chi connectivity index (χ3n) is 9.41. The molecule has 3 saturated heterocycles. The Balaban J connectivity index is 1.33. The highest BCUT2D eigenvalue weighted by molar-refractivity contribution is 6.02. The molecule has 0 saturated carbocycles. The molecule has 6 atom stereocenters. The fourth-order valence-electron chi connectivity index (χ4n) is 7.50. The molecular weight excluding hydrogens is 558 g/mol. The Labute approximate surface area is 257 Å². The Morgan fingerprint density at radius 2 is 1.64 bits per heavy atom. The monoisotopic (exact) mass is 597 g/mol. The number of aliphatic hydroxyl groups is 1. The summed E-state index contributed by atoms with van der Waals surface area (Å²) in [5.74, 6) is -2.02. The number of hydrogen-bond acceptors (Lipinski definition) is 6. The molecule has 0 aromatic heterocycles. The molecule has 3 aromatic rings. The Bertz CT molecular complexity index is 1500. The van der Waals surface area contributed by atoms with E-state index in [9.17, 15) is 19.5 Å². The molecule has 0 radical (unpaired) electrons. The van der Waals surface area contributed by atoms with Crippen molar-refractivity contribution in [2.45, 2.75) is 62.9 Å². The Hall–Kier alpha value is -4.21. The summed E-state index contributed by atoms with van der Waals surface area (Å²) in [6.45, 7) is 4.24. The lowest BCUT2D eigenvalue weighted by atomic mass is 9.66. The van der Waals surface area contributed by atoms with Crippen molar-refractivity contribution in [1.29, 1.82) is 0 Å². The van der Waals surface area contributed by atoms with Crippen LogP contribution in [0.3, 0.4) is 0 Å². The maximum atomic E-state index is 14.5. The summed E-state index contributed by atoms with van der Waals surface area (Å²) in [4.78, 5) is 44.2. The van der Waals surface area contributed by atoms with Crippen molar-refractivity contribution in [1.82, 2.24) is 10.2 Å². The van der Waals surface area contributed by atoms with Gasteiger partial charge in [-0.25, -0.2) is 0 Å². The molecule has 1 spiro atoms. The number of anilines is 1. The number of carbonyl (C=O) groups excluding carboxylic acids is 3. The van der Waals surface area contributed by atoms with Crippen LogP contribution in [0.5, 0.6) is 5.75 Å². The highest BCUT2D eigenvalue weighted by Gasteiger charge is 2.78. The number of likely N-dealkylation sites (tertiary alicyclic amines) is 1. The predicted molar refractivity (Wildman–Crippen MR) is 165 cm³/mol. The topological polar surface area (TPSA) is 117 Å². The molecule has 3 heterocycles. The summed E-state index contributed by atoms with van der Waals surface area (Å²) in [5, 5.41) is 16.6. The summed E-state index contributed by atoms with van der Waals surface area (Å²) in [7, 11) is 0. The van der Waals surface area contributed by atoms with Gasteiger partial charge in [0.2, 0.25) is 17.7 Å². The maximum Gasteiger partial charge on any atom is 0.246 e. The summed E-state index contributed by atoms with van der Waals surface area (Å²) < 4.78 is 12.3. The molecule has 6 rings (SSSR count). The standard InChI is InChI=1S/C35H39N3O6/c1-3-43-27-16-14-25(15-17-27)37-31(40)28-29-33(42)38(26(22-39)20-23-10-6-4-7-11-23)30(35(29)19-18-34(28,2)44-35)32(41)36-21-24-12-8-5-9-13-24/h4-17,26,28-30,39H,3,18-22H2,1-2H3,(H,36,41)(H,37,40)/t26-,28+,29+,30?,34-,35?/m1/s1. The molecule has 3 fully saturated rings. The van der Waals surface area contributed by atoms with Gasteiger partial charge in [-0.15, -0.1) is 0 Å². The number of hydrogen-bond donors (Lipinski definition) is 3. The normalized spacial score (nSPS) is 27.6. The molecule has 3 aliphatic heterocycles. The van der Waals surface area contributed by atoms with Crippen LogP contribution in [-0.2, 0) is 32.1 Å². The molecule has 2 bridgehead atoms. The number of rotatable bonds is 11. The number of fused-ring (bicyclic) bond motifs is 1. The van der Waals surface area contributed by atoms with Crippen LogP contribution in [0.25, 0.3) is 0 Å². The average Bonchev–Trinajstić information content (AvgIpc) is 3.61. The van der Waals surface area contributed by atoms with Gasteiger partial charge in [0.1, 0.15) is 17.4 Å². The third-order valence-corrected chi connectivity index (χ3v) is 9.41. The van der Waals surface area contributed by atoms with Crippen LogP contribution < -0.4 is 15.4 Å². The second-order valence-electron chi connectivity index (χ2n) is 12.1. The van der Waals surface area contributed by atoms with Gasteiger partial charge in [-0.2, -0.15) is 0 Å². The number of aliphatic hydroxyl groups excluding tert-OH is 1. The Morgan fingerprint density at radius 1 is 0.977 bits per heavy atom. The summed E-state index contributed by atoms with van der Waals surface area (Å²) in [6, 6.07) is 24.5. The quantitative estimate of drug-likeness (QED) is 0.310. The minimum atomic E-state index is -1.20. The summed E-state index contributed by atoms with van der Waals surface area (Å²) >= 11 is 0. The lowest BCUT2D eigenvalue weighted by Gasteiger charge is -2.37. The van der Waals surface area contributed by atoms with E-state index in [-0.39, 0.29) is 30.9 Å². The molecule has 44 heavy (non-hydrogen) atoms. The minimum Gasteiger partial charge on any atom is -0.494 e. The van der Waals surface area contributed by atoms with E-state index in [0.29, 0.717) is 37.3 Å². The number of amides is 3. The molecule has 230 valence electrons. The number of benzene rings is 3. The lowest BCUT2D eigenvalue weighted by Crippen LogP contribution is -2.58. The molecule has 9 nitrogen and oxygen atoms in total. The van der Waals surface area contributed by atoms with Crippen LogP contribution in [0, 0.1) is 11.8 Å². The molecule has 3 N–H and O–H groups in total. The maximum absolute atomic E-state index is 14.5. The number of nitrogens with one attached hydrogen (secondary N) is 2. The van der Waals surface area contributed by atoms with Gasteiger partial charge in [-0.3, -0.25) is 14.4 Å². The van der Waals surface area contributed by atoms with Crippen molar-refractivity contribution in [2.24, 2.45) is 11.8 Å². The molecule has 9 heteroatoms. The Kier molecular flexibility index (Phi) is 8.18. The molecule has 2 unspecified atom stereocenters. The SMILES string of the molecule is CCOc1ccc(NC(=O)[C@@H]2[C@H]3C(=O)N([C@@H](CO)Cc4ccccc4)C(C(=O)NCc4ccccc4)C34CC[C@@]2(C)O4)cc1. The van der Waals surface area contributed by atoms with Gasteiger partial charge in [0.05, 0.1) is 36.7 Å². The van der Waals surface area contributed by atoms with Crippen molar-refractivity contribution in [3.05, 3.63) is 96.1 Å². The van der Waals surface area contributed by atoms with Crippen LogP contribution >= 0.6 is 0 Å². The van der Waals surface area contributed by atoms with Crippen LogP contribution in [0.4, 0.5) is 5.69 Å². The van der Waals surface area contributed by atoms with Crippen molar-refractivity contribution in [2.75, 3.05) is 18.5 Å². The molecule has 3 aliphatic rings. The van der Waals surface area contributed by atoms with E-state index < -0.39 is 35.1 Å². The van der Waals surface area contributed by atoms with Crippen molar-refractivity contribution in [3.8, 4) is 5.75 Å². The first kappa shape index (κ1) is 29.8. The lowest BCUT2D eigenvalue weighted by molar-refractivity contribution is -0.148. The van der Waals surface area contributed by atoms with E-state index in [4.69, 9.17) is 9.47 Å². The third kappa shape index (κ3) is 5.24. The number of ether oxygens (including phenoxy) is 2. The predicted octanol–water partition coefficient (Wildman–Crippen LogP) is 3.71. The van der Waals surface area contributed by atoms with E-state index in [1.165, 1.54) is 4.90 Å². The number of nitrogens with zero attached hydrogens (tertiary/aromatic N) is 1. The van der Waals surface area contributed by atoms with Gasteiger partial charge in [0, 0.05) is 12.2 Å². The van der Waals surface area contributed by atoms with Crippen LogP contribution in [0.15, 0.2) is 84.9 Å². The van der Waals surface area contributed by atoms with Gasteiger partial charge in [-0.05, 0) is 68.5 Å². The zero-order chi connectivity index (χ0) is 30.9. The molecule has 3 aromatic carbocycles. The van der Waals surface area contributed by atoms with E-state index in [2.05, 4.69) is 10.6 Å². The first-order valence-corrected chi connectivity index (χ1v) is 15.3. The molecule has 0 aliphatic carbocycles. The van der Waals surface area contributed by atoms with Crippen LogP contribution in [-0.4, -0.2) is 64.2 Å².